The summed E-state index contributed by atoms with van der Waals surface area (Å²) < 4.78 is 46.5. The van der Waals surface area contributed by atoms with Gasteiger partial charge in [0.1, 0.15) is 18.4 Å². The summed E-state index contributed by atoms with van der Waals surface area (Å²) >= 11 is 3.36. The van der Waals surface area contributed by atoms with Crippen molar-refractivity contribution >= 4 is 21.8 Å². The zero-order valence-corrected chi connectivity index (χ0v) is 16.8. The molecule has 1 unspecified atom stereocenters. The van der Waals surface area contributed by atoms with Crippen LogP contribution < -0.4 is 4.74 Å². The first-order valence-corrected chi connectivity index (χ1v) is 9.95. The molecule has 3 rings (SSSR count). The number of carbonyl (C=O) groups is 1. The van der Waals surface area contributed by atoms with Gasteiger partial charge in [0.15, 0.2) is 0 Å². The van der Waals surface area contributed by atoms with Crippen molar-refractivity contribution < 1.29 is 22.7 Å². The highest BCUT2D eigenvalue weighted by atomic mass is 79.9. The second-order valence-electron chi connectivity index (χ2n) is 6.84. The van der Waals surface area contributed by atoms with E-state index in [0.717, 1.165) is 14.9 Å². The van der Waals surface area contributed by atoms with Crippen LogP contribution in [-0.4, -0.2) is 29.6 Å². The number of benzene rings is 2. The minimum absolute atomic E-state index is 0.0366. The van der Waals surface area contributed by atoms with Gasteiger partial charge in [0.05, 0.1) is 6.42 Å². The van der Waals surface area contributed by atoms with Crippen LogP contribution in [0.3, 0.4) is 0 Å². The Balaban J connectivity index is 1.75. The van der Waals surface area contributed by atoms with Gasteiger partial charge in [-0.05, 0) is 43.0 Å². The summed E-state index contributed by atoms with van der Waals surface area (Å²) in [6.07, 6.45) is -3.49. The number of nitrogens with zero attached hydrogens (tertiary/aromatic N) is 1. The van der Waals surface area contributed by atoms with Gasteiger partial charge >= 0.3 is 6.18 Å². The fourth-order valence-corrected chi connectivity index (χ4v) is 3.81. The van der Waals surface area contributed by atoms with Crippen LogP contribution in [0.2, 0.25) is 0 Å². The van der Waals surface area contributed by atoms with E-state index in [2.05, 4.69) is 15.9 Å². The number of amides is 1. The summed E-state index contributed by atoms with van der Waals surface area (Å²) in [4.78, 5) is 13.7. The quantitative estimate of drug-likeness (QED) is 0.594. The maximum Gasteiger partial charge on any atom is 0.408 e. The standard InChI is InChI=1S/C21H21BrF3NO2/c22-17-9-10-18(28-14-15-6-2-1-3-7-15)16(12-17)13-20(27)26-11-5-4-8-19(26)21(23,24)25/h1-3,6-7,9-10,12,19H,4-5,8,11,13-14H2. The van der Waals surface area contributed by atoms with Gasteiger partial charge in [0.2, 0.25) is 5.91 Å². The molecule has 0 N–H and O–H groups in total. The molecular formula is C21H21BrF3NO2. The molecule has 3 nitrogen and oxygen atoms in total. The molecular weight excluding hydrogens is 435 g/mol. The van der Waals surface area contributed by atoms with Gasteiger partial charge in [0.25, 0.3) is 0 Å². The Morgan fingerprint density at radius 3 is 2.61 bits per heavy atom. The summed E-state index contributed by atoms with van der Waals surface area (Å²) in [5, 5.41) is 0. The number of ether oxygens (including phenoxy) is 1. The van der Waals surface area contributed by atoms with Gasteiger partial charge in [0, 0.05) is 16.6 Å². The van der Waals surface area contributed by atoms with Crippen LogP contribution in [-0.2, 0) is 17.8 Å². The van der Waals surface area contributed by atoms with Gasteiger partial charge in [-0.3, -0.25) is 4.79 Å². The van der Waals surface area contributed by atoms with Crippen molar-refractivity contribution in [2.75, 3.05) is 6.54 Å². The number of likely N-dealkylation sites (tertiary alicyclic amines) is 1. The van der Waals surface area contributed by atoms with E-state index in [9.17, 15) is 18.0 Å². The zero-order valence-electron chi connectivity index (χ0n) is 15.2. The van der Waals surface area contributed by atoms with E-state index in [1.54, 1.807) is 18.2 Å². The van der Waals surface area contributed by atoms with Crippen molar-refractivity contribution in [2.24, 2.45) is 0 Å². The van der Waals surface area contributed by atoms with Crippen molar-refractivity contribution in [3.8, 4) is 5.75 Å². The lowest BCUT2D eigenvalue weighted by atomic mass is 10.00. The van der Waals surface area contributed by atoms with Gasteiger partial charge in [-0.1, -0.05) is 46.3 Å². The molecule has 7 heteroatoms. The average Bonchev–Trinajstić information content (AvgIpc) is 2.67. The third-order valence-corrected chi connectivity index (χ3v) is 5.30. The molecule has 1 aliphatic heterocycles. The molecule has 0 radical (unpaired) electrons. The molecule has 1 saturated heterocycles. The number of hydrogen-bond donors (Lipinski definition) is 0. The Hall–Kier alpha value is -2.02. The van der Waals surface area contributed by atoms with E-state index in [-0.39, 0.29) is 19.4 Å². The molecule has 0 saturated carbocycles. The van der Waals surface area contributed by atoms with Crippen LogP contribution in [0.15, 0.2) is 53.0 Å². The largest absolute Gasteiger partial charge is 0.489 e. The predicted octanol–water partition coefficient (Wildman–Crippen LogP) is 5.51. The number of hydrogen-bond acceptors (Lipinski definition) is 2. The Bertz CT molecular complexity index is 811. The monoisotopic (exact) mass is 455 g/mol. The molecule has 28 heavy (non-hydrogen) atoms. The topological polar surface area (TPSA) is 29.5 Å². The maximum absolute atomic E-state index is 13.3. The Kier molecular flexibility index (Phi) is 6.65. The van der Waals surface area contributed by atoms with E-state index in [0.29, 0.717) is 30.8 Å². The molecule has 1 amide bonds. The molecule has 2 aromatic carbocycles. The third-order valence-electron chi connectivity index (χ3n) is 4.80. The van der Waals surface area contributed by atoms with Gasteiger partial charge in [-0.2, -0.15) is 13.2 Å². The van der Waals surface area contributed by atoms with Crippen molar-refractivity contribution in [2.45, 2.75) is 44.5 Å². The summed E-state index contributed by atoms with van der Waals surface area (Å²) in [7, 11) is 0. The van der Waals surface area contributed by atoms with Crippen molar-refractivity contribution in [1.29, 1.82) is 0 Å². The molecule has 0 spiro atoms. The fraction of sp³-hybridized carbons (Fsp3) is 0.381. The molecule has 1 heterocycles. The molecule has 150 valence electrons. The van der Waals surface area contributed by atoms with Crippen molar-refractivity contribution in [3.63, 3.8) is 0 Å². The zero-order chi connectivity index (χ0) is 20.1. The molecule has 1 atom stereocenters. The molecule has 0 aliphatic carbocycles. The molecule has 0 bridgehead atoms. The third kappa shape index (κ3) is 5.28. The Morgan fingerprint density at radius 2 is 1.89 bits per heavy atom. The highest BCUT2D eigenvalue weighted by Crippen LogP contribution is 2.33. The van der Waals surface area contributed by atoms with E-state index in [1.807, 2.05) is 30.3 Å². The fourth-order valence-electron chi connectivity index (χ4n) is 3.40. The van der Waals surface area contributed by atoms with E-state index < -0.39 is 18.1 Å². The van der Waals surface area contributed by atoms with Gasteiger partial charge in [-0.25, -0.2) is 0 Å². The summed E-state index contributed by atoms with van der Waals surface area (Å²) in [5.74, 6) is -0.0225. The molecule has 2 aromatic rings. The number of piperidine rings is 1. The lowest BCUT2D eigenvalue weighted by Crippen LogP contribution is -2.51. The smallest absolute Gasteiger partial charge is 0.408 e. The Labute approximate surface area is 170 Å². The van der Waals surface area contributed by atoms with E-state index in [1.165, 1.54) is 0 Å². The minimum atomic E-state index is -4.40. The second-order valence-corrected chi connectivity index (χ2v) is 7.76. The lowest BCUT2D eigenvalue weighted by Gasteiger charge is -2.37. The van der Waals surface area contributed by atoms with E-state index in [4.69, 9.17) is 4.74 Å². The van der Waals surface area contributed by atoms with E-state index >= 15 is 0 Å². The second kappa shape index (κ2) is 8.99. The number of alkyl halides is 3. The van der Waals surface area contributed by atoms with Crippen LogP contribution >= 0.6 is 15.9 Å². The number of halogens is 4. The normalized spacial score (nSPS) is 17.4. The maximum atomic E-state index is 13.3. The minimum Gasteiger partial charge on any atom is -0.489 e. The van der Waals surface area contributed by atoms with Crippen LogP contribution in [0, 0.1) is 0 Å². The highest BCUT2D eigenvalue weighted by molar-refractivity contribution is 9.10. The van der Waals surface area contributed by atoms with Crippen molar-refractivity contribution in [1.82, 2.24) is 4.90 Å². The molecule has 0 aromatic heterocycles. The number of rotatable bonds is 5. The first-order valence-electron chi connectivity index (χ1n) is 9.16. The first kappa shape index (κ1) is 20.7. The number of carbonyl (C=O) groups excluding carboxylic acids is 1. The van der Waals surface area contributed by atoms with Gasteiger partial charge < -0.3 is 9.64 Å². The summed E-state index contributed by atoms with van der Waals surface area (Å²) in [5.41, 5.74) is 1.54. The van der Waals surface area contributed by atoms with Crippen LogP contribution in [0.4, 0.5) is 13.2 Å². The summed E-state index contributed by atoms with van der Waals surface area (Å²) in [6, 6.07) is 13.1. The Morgan fingerprint density at radius 1 is 1.14 bits per heavy atom. The lowest BCUT2D eigenvalue weighted by molar-refractivity contribution is -0.195. The van der Waals surface area contributed by atoms with Crippen LogP contribution in [0.25, 0.3) is 0 Å². The van der Waals surface area contributed by atoms with Crippen LogP contribution in [0.1, 0.15) is 30.4 Å². The van der Waals surface area contributed by atoms with Crippen molar-refractivity contribution in [3.05, 3.63) is 64.1 Å². The SMILES string of the molecule is O=C(Cc1cc(Br)ccc1OCc1ccccc1)N1CCCCC1C(F)(F)F. The summed E-state index contributed by atoms with van der Waals surface area (Å²) in [6.45, 7) is 0.454. The van der Waals surface area contributed by atoms with Gasteiger partial charge in [-0.15, -0.1) is 0 Å². The predicted molar refractivity (Wildman–Crippen MR) is 104 cm³/mol. The first-order chi connectivity index (χ1) is 13.3. The highest BCUT2D eigenvalue weighted by Gasteiger charge is 2.46. The average molecular weight is 456 g/mol. The molecule has 1 fully saturated rings. The molecule has 1 aliphatic rings. The van der Waals surface area contributed by atoms with Crippen LogP contribution in [0.5, 0.6) is 5.75 Å².